The lowest BCUT2D eigenvalue weighted by Crippen LogP contribution is -2.34. The number of alkyl carbamates (subject to hydrolysis) is 1. The number of ether oxygens (including phenoxy) is 1. The molecular formula is C17H17BrN2O3. The number of amides is 2. The Labute approximate surface area is 143 Å². The quantitative estimate of drug-likeness (QED) is 0.761. The molecule has 0 radical (unpaired) electrons. The van der Waals surface area contributed by atoms with Gasteiger partial charge < -0.3 is 15.4 Å². The minimum atomic E-state index is -0.509. The smallest absolute Gasteiger partial charge is 0.407 e. The van der Waals surface area contributed by atoms with E-state index < -0.39 is 6.09 Å². The Morgan fingerprint density at radius 3 is 2.43 bits per heavy atom. The summed E-state index contributed by atoms with van der Waals surface area (Å²) in [4.78, 5) is 23.4. The molecular weight excluding hydrogens is 360 g/mol. The first-order valence-corrected chi connectivity index (χ1v) is 7.93. The van der Waals surface area contributed by atoms with Crippen LogP contribution in [0.3, 0.4) is 0 Å². The second-order valence-corrected chi connectivity index (χ2v) is 5.67. The van der Waals surface area contributed by atoms with Gasteiger partial charge in [0.25, 0.3) is 5.91 Å². The van der Waals surface area contributed by atoms with Gasteiger partial charge in [-0.1, -0.05) is 52.3 Å². The number of benzene rings is 2. The zero-order chi connectivity index (χ0) is 16.5. The number of carbonyl (C=O) groups is 2. The molecule has 0 unspecified atom stereocenters. The molecule has 2 N–H and O–H groups in total. The first kappa shape index (κ1) is 17.0. The number of hydrogen-bond acceptors (Lipinski definition) is 3. The summed E-state index contributed by atoms with van der Waals surface area (Å²) in [5.41, 5.74) is 1.48. The van der Waals surface area contributed by atoms with Crippen LogP contribution in [0.15, 0.2) is 59.1 Å². The molecule has 0 aliphatic rings. The number of carbonyl (C=O) groups excluding carboxylic acids is 2. The molecule has 0 aliphatic carbocycles. The van der Waals surface area contributed by atoms with Gasteiger partial charge in [-0.3, -0.25) is 4.79 Å². The van der Waals surface area contributed by atoms with Gasteiger partial charge in [-0.25, -0.2) is 4.79 Å². The van der Waals surface area contributed by atoms with E-state index in [-0.39, 0.29) is 12.5 Å². The van der Waals surface area contributed by atoms with E-state index in [0.717, 1.165) is 10.0 Å². The third-order valence-corrected chi connectivity index (χ3v) is 3.47. The average molecular weight is 377 g/mol. The molecule has 0 bridgehead atoms. The molecule has 2 aromatic carbocycles. The monoisotopic (exact) mass is 376 g/mol. The van der Waals surface area contributed by atoms with Crippen LogP contribution < -0.4 is 10.6 Å². The summed E-state index contributed by atoms with van der Waals surface area (Å²) in [5.74, 6) is -0.189. The third-order valence-electron chi connectivity index (χ3n) is 2.98. The molecule has 6 heteroatoms. The largest absolute Gasteiger partial charge is 0.445 e. The van der Waals surface area contributed by atoms with E-state index in [1.807, 2.05) is 36.4 Å². The minimum Gasteiger partial charge on any atom is -0.445 e. The topological polar surface area (TPSA) is 67.4 Å². The zero-order valence-electron chi connectivity index (χ0n) is 12.4. The Morgan fingerprint density at radius 2 is 1.70 bits per heavy atom. The lowest BCUT2D eigenvalue weighted by Gasteiger charge is -2.08. The van der Waals surface area contributed by atoms with Crippen molar-refractivity contribution in [1.29, 1.82) is 0 Å². The van der Waals surface area contributed by atoms with E-state index in [4.69, 9.17) is 4.74 Å². The molecule has 5 nitrogen and oxygen atoms in total. The van der Waals surface area contributed by atoms with E-state index in [9.17, 15) is 9.59 Å². The number of nitrogens with one attached hydrogen (secondary N) is 2. The Balaban J connectivity index is 1.63. The Bertz CT molecular complexity index is 662. The van der Waals surface area contributed by atoms with Gasteiger partial charge in [0.05, 0.1) is 0 Å². The molecule has 0 fully saturated rings. The molecule has 0 saturated carbocycles. The fourth-order valence-corrected chi connectivity index (χ4v) is 2.25. The maximum atomic E-state index is 11.9. The molecule has 2 rings (SSSR count). The van der Waals surface area contributed by atoms with Crippen LogP contribution in [0.2, 0.25) is 0 Å². The Hall–Kier alpha value is -2.34. The number of hydrogen-bond donors (Lipinski definition) is 2. The van der Waals surface area contributed by atoms with Crippen molar-refractivity contribution in [3.63, 3.8) is 0 Å². The maximum absolute atomic E-state index is 11.9. The molecule has 0 atom stereocenters. The standard InChI is InChI=1S/C17H17BrN2O3/c18-15-8-4-7-14(11-15)16(21)19-9-10-20-17(22)23-12-13-5-2-1-3-6-13/h1-8,11H,9-10,12H2,(H,19,21)(H,20,22). The summed E-state index contributed by atoms with van der Waals surface area (Å²) in [6.07, 6.45) is -0.509. The van der Waals surface area contributed by atoms with Gasteiger partial charge in [-0.05, 0) is 23.8 Å². The predicted octanol–water partition coefficient (Wildman–Crippen LogP) is 3.11. The van der Waals surface area contributed by atoms with Crippen molar-refractivity contribution in [2.75, 3.05) is 13.1 Å². The average Bonchev–Trinajstić information content (AvgIpc) is 2.57. The van der Waals surface area contributed by atoms with Crippen molar-refractivity contribution in [2.45, 2.75) is 6.61 Å². The minimum absolute atomic E-state index is 0.189. The molecule has 23 heavy (non-hydrogen) atoms. The second-order valence-electron chi connectivity index (χ2n) is 4.75. The maximum Gasteiger partial charge on any atom is 0.407 e. The summed E-state index contributed by atoms with van der Waals surface area (Å²) in [6.45, 7) is 0.843. The van der Waals surface area contributed by atoms with E-state index in [0.29, 0.717) is 18.7 Å². The zero-order valence-corrected chi connectivity index (χ0v) is 14.0. The SMILES string of the molecule is O=C(NCCNC(=O)c1cccc(Br)c1)OCc1ccccc1. The summed E-state index contributed by atoms with van der Waals surface area (Å²) in [6, 6.07) is 16.5. The van der Waals surface area contributed by atoms with Crippen LogP contribution in [-0.4, -0.2) is 25.1 Å². The predicted molar refractivity (Wildman–Crippen MR) is 91.1 cm³/mol. The van der Waals surface area contributed by atoms with Crippen LogP contribution in [0.1, 0.15) is 15.9 Å². The van der Waals surface area contributed by atoms with Gasteiger partial charge in [0, 0.05) is 23.1 Å². The molecule has 0 aliphatic heterocycles. The summed E-state index contributed by atoms with van der Waals surface area (Å²) < 4.78 is 5.91. The Morgan fingerprint density at radius 1 is 0.957 bits per heavy atom. The van der Waals surface area contributed by atoms with E-state index >= 15 is 0 Å². The number of halogens is 1. The Kier molecular flexibility index (Phi) is 6.62. The fourth-order valence-electron chi connectivity index (χ4n) is 1.85. The summed E-state index contributed by atoms with van der Waals surface area (Å²) >= 11 is 3.31. The second kappa shape index (κ2) is 8.95. The van der Waals surface area contributed by atoms with Crippen LogP contribution in [-0.2, 0) is 11.3 Å². The number of rotatable bonds is 6. The molecule has 0 heterocycles. The lowest BCUT2D eigenvalue weighted by atomic mass is 10.2. The van der Waals surface area contributed by atoms with E-state index in [1.54, 1.807) is 18.2 Å². The van der Waals surface area contributed by atoms with Gasteiger partial charge in [0.15, 0.2) is 0 Å². The lowest BCUT2D eigenvalue weighted by molar-refractivity contribution is 0.0951. The molecule has 0 saturated heterocycles. The summed E-state index contributed by atoms with van der Waals surface area (Å²) in [5, 5.41) is 5.31. The molecule has 0 spiro atoms. The van der Waals surface area contributed by atoms with Crippen LogP contribution in [0.5, 0.6) is 0 Å². The van der Waals surface area contributed by atoms with E-state index in [2.05, 4.69) is 26.6 Å². The highest BCUT2D eigenvalue weighted by atomic mass is 79.9. The van der Waals surface area contributed by atoms with Gasteiger partial charge in [-0.15, -0.1) is 0 Å². The van der Waals surface area contributed by atoms with Crippen molar-refractivity contribution in [2.24, 2.45) is 0 Å². The normalized spacial score (nSPS) is 9.96. The van der Waals surface area contributed by atoms with Gasteiger partial charge in [0.2, 0.25) is 0 Å². The van der Waals surface area contributed by atoms with Gasteiger partial charge in [-0.2, -0.15) is 0 Å². The highest BCUT2D eigenvalue weighted by Crippen LogP contribution is 2.11. The van der Waals surface area contributed by atoms with Crippen LogP contribution in [0.4, 0.5) is 4.79 Å². The van der Waals surface area contributed by atoms with Crippen molar-refractivity contribution in [3.05, 3.63) is 70.2 Å². The molecule has 2 amide bonds. The molecule has 2 aromatic rings. The van der Waals surface area contributed by atoms with Crippen molar-refractivity contribution >= 4 is 27.9 Å². The van der Waals surface area contributed by atoms with Crippen LogP contribution in [0.25, 0.3) is 0 Å². The first-order valence-electron chi connectivity index (χ1n) is 7.13. The van der Waals surface area contributed by atoms with Crippen molar-refractivity contribution < 1.29 is 14.3 Å². The molecule has 120 valence electrons. The van der Waals surface area contributed by atoms with Crippen LogP contribution in [0, 0.1) is 0 Å². The van der Waals surface area contributed by atoms with Gasteiger partial charge >= 0.3 is 6.09 Å². The third kappa shape index (κ3) is 6.12. The molecule has 0 aromatic heterocycles. The fraction of sp³-hybridized carbons (Fsp3) is 0.176. The highest BCUT2D eigenvalue weighted by Gasteiger charge is 2.06. The summed E-state index contributed by atoms with van der Waals surface area (Å²) in [7, 11) is 0. The van der Waals surface area contributed by atoms with E-state index in [1.165, 1.54) is 0 Å². The van der Waals surface area contributed by atoms with Crippen molar-refractivity contribution in [1.82, 2.24) is 10.6 Å². The first-order chi connectivity index (χ1) is 11.1. The van der Waals surface area contributed by atoms with Crippen molar-refractivity contribution in [3.8, 4) is 0 Å². The highest BCUT2D eigenvalue weighted by molar-refractivity contribution is 9.10. The van der Waals surface area contributed by atoms with Gasteiger partial charge in [0.1, 0.15) is 6.61 Å². The van der Waals surface area contributed by atoms with Crippen LogP contribution >= 0.6 is 15.9 Å².